The number of carbonyl (C=O) groups is 1. The number of nitrogens with zero attached hydrogens (tertiary/aromatic N) is 5. The Labute approximate surface area is 160 Å². The van der Waals surface area contributed by atoms with Crippen molar-refractivity contribution in [2.45, 2.75) is 13.0 Å². The van der Waals surface area contributed by atoms with Crippen LogP contribution in [0, 0.1) is 5.82 Å². The lowest BCUT2D eigenvalue weighted by molar-refractivity contribution is 0.0780. The molecule has 0 saturated heterocycles. The molecular weight excluding hydrogens is 357 g/mol. The molecule has 0 saturated carbocycles. The molecule has 6 nitrogen and oxygen atoms in total. The molecular formula is C21H16FN5O. The number of rotatable bonds is 4. The first-order valence-electron chi connectivity index (χ1n) is 8.99. The van der Waals surface area contributed by atoms with Gasteiger partial charge in [0, 0.05) is 55.4 Å². The average molecular weight is 373 g/mol. The van der Waals surface area contributed by atoms with E-state index in [4.69, 9.17) is 0 Å². The summed E-state index contributed by atoms with van der Waals surface area (Å²) in [4.78, 5) is 27.3. The molecule has 0 aliphatic carbocycles. The maximum atomic E-state index is 14.4. The molecule has 3 aromatic heterocycles. The van der Waals surface area contributed by atoms with E-state index >= 15 is 0 Å². The molecule has 1 aromatic carbocycles. The van der Waals surface area contributed by atoms with Gasteiger partial charge in [0.05, 0.1) is 11.3 Å². The first kappa shape index (κ1) is 16.6. The molecule has 1 aliphatic heterocycles. The predicted octanol–water partition coefficient (Wildman–Crippen LogP) is 3.13. The topological polar surface area (TPSA) is 63.4 Å². The molecule has 138 valence electrons. The van der Waals surface area contributed by atoms with Crippen molar-refractivity contribution in [1.82, 2.24) is 24.3 Å². The van der Waals surface area contributed by atoms with Gasteiger partial charge >= 0.3 is 0 Å². The lowest BCUT2D eigenvalue weighted by Crippen LogP contribution is -2.26. The normalized spacial score (nSPS) is 13.3. The standard InChI is InChI=1S/C21H16FN5O/c22-18-5-4-16(14-9-23-13-24-10-14)20-17(18)12-27(21(20)28)8-6-15-11-26-7-2-1-3-19(26)25-15/h1-5,7,9-11,13H,6,8,12H2. The summed E-state index contributed by atoms with van der Waals surface area (Å²) < 4.78 is 16.4. The van der Waals surface area contributed by atoms with Crippen molar-refractivity contribution in [2.75, 3.05) is 6.54 Å². The smallest absolute Gasteiger partial charge is 0.255 e. The summed E-state index contributed by atoms with van der Waals surface area (Å²) in [6, 6.07) is 8.83. The molecule has 0 bridgehead atoms. The van der Waals surface area contributed by atoms with Crippen LogP contribution in [0.3, 0.4) is 0 Å². The van der Waals surface area contributed by atoms with E-state index in [1.807, 2.05) is 35.0 Å². The first-order valence-corrected chi connectivity index (χ1v) is 8.99. The quantitative estimate of drug-likeness (QED) is 0.551. The number of benzene rings is 1. The Kier molecular flexibility index (Phi) is 3.86. The Bertz CT molecular complexity index is 1160. The number of halogens is 1. The van der Waals surface area contributed by atoms with Gasteiger partial charge in [-0.3, -0.25) is 4.79 Å². The Morgan fingerprint density at radius 3 is 2.79 bits per heavy atom. The molecule has 5 rings (SSSR count). The maximum absolute atomic E-state index is 14.4. The Morgan fingerprint density at radius 1 is 1.11 bits per heavy atom. The monoisotopic (exact) mass is 373 g/mol. The van der Waals surface area contributed by atoms with Crippen LogP contribution in [0.25, 0.3) is 16.8 Å². The van der Waals surface area contributed by atoms with Crippen molar-refractivity contribution in [2.24, 2.45) is 0 Å². The molecule has 0 fully saturated rings. The molecule has 4 aromatic rings. The van der Waals surface area contributed by atoms with Gasteiger partial charge in [-0.05, 0) is 23.8 Å². The zero-order valence-corrected chi connectivity index (χ0v) is 14.9. The van der Waals surface area contributed by atoms with E-state index in [1.54, 1.807) is 23.4 Å². The number of hydrogen-bond acceptors (Lipinski definition) is 4. The molecule has 1 aliphatic rings. The number of pyridine rings is 1. The lowest BCUT2D eigenvalue weighted by atomic mass is 9.98. The minimum absolute atomic E-state index is 0.169. The highest BCUT2D eigenvalue weighted by molar-refractivity contribution is 6.04. The van der Waals surface area contributed by atoms with Gasteiger partial charge in [0.2, 0.25) is 0 Å². The van der Waals surface area contributed by atoms with Gasteiger partial charge in [0.1, 0.15) is 17.8 Å². The van der Waals surface area contributed by atoms with Crippen LogP contribution in [0.15, 0.2) is 61.4 Å². The van der Waals surface area contributed by atoms with Crippen LogP contribution < -0.4 is 0 Å². The minimum atomic E-state index is -0.362. The number of hydrogen-bond donors (Lipinski definition) is 0. The van der Waals surface area contributed by atoms with Crippen molar-refractivity contribution in [3.05, 3.63) is 84.1 Å². The third-order valence-electron chi connectivity index (χ3n) is 5.03. The van der Waals surface area contributed by atoms with E-state index in [0.717, 1.165) is 11.3 Å². The molecule has 0 radical (unpaired) electrons. The predicted molar refractivity (Wildman–Crippen MR) is 101 cm³/mol. The maximum Gasteiger partial charge on any atom is 0.255 e. The van der Waals surface area contributed by atoms with Crippen LogP contribution in [0.2, 0.25) is 0 Å². The van der Waals surface area contributed by atoms with Gasteiger partial charge in [-0.2, -0.15) is 0 Å². The number of carbonyl (C=O) groups excluding carboxylic acids is 1. The second-order valence-electron chi connectivity index (χ2n) is 6.75. The van der Waals surface area contributed by atoms with Crippen molar-refractivity contribution in [1.29, 1.82) is 0 Å². The highest BCUT2D eigenvalue weighted by Crippen LogP contribution is 2.33. The number of amides is 1. The van der Waals surface area contributed by atoms with Gasteiger partial charge < -0.3 is 9.30 Å². The minimum Gasteiger partial charge on any atom is -0.334 e. The van der Waals surface area contributed by atoms with E-state index in [2.05, 4.69) is 15.0 Å². The zero-order valence-electron chi connectivity index (χ0n) is 14.9. The van der Waals surface area contributed by atoms with Gasteiger partial charge in [0.15, 0.2) is 0 Å². The summed E-state index contributed by atoms with van der Waals surface area (Å²) in [5, 5.41) is 0. The number of fused-ring (bicyclic) bond motifs is 2. The third-order valence-corrected chi connectivity index (χ3v) is 5.03. The number of imidazole rings is 1. The fourth-order valence-corrected chi connectivity index (χ4v) is 3.66. The van der Waals surface area contributed by atoms with Crippen molar-refractivity contribution < 1.29 is 9.18 Å². The molecule has 7 heteroatoms. The van der Waals surface area contributed by atoms with Crippen molar-refractivity contribution in [3.8, 4) is 11.1 Å². The second-order valence-corrected chi connectivity index (χ2v) is 6.75. The van der Waals surface area contributed by atoms with Crippen LogP contribution >= 0.6 is 0 Å². The molecule has 0 spiro atoms. The zero-order chi connectivity index (χ0) is 19.1. The highest BCUT2D eigenvalue weighted by atomic mass is 19.1. The fourth-order valence-electron chi connectivity index (χ4n) is 3.66. The molecule has 0 N–H and O–H groups in total. The van der Waals surface area contributed by atoms with Gasteiger partial charge in [-0.25, -0.2) is 19.3 Å². The van der Waals surface area contributed by atoms with Crippen LogP contribution in [-0.4, -0.2) is 36.7 Å². The number of aromatic nitrogens is 4. The van der Waals surface area contributed by atoms with Crippen LogP contribution in [0.4, 0.5) is 4.39 Å². The fraction of sp³-hybridized carbons (Fsp3) is 0.143. The Morgan fingerprint density at radius 2 is 1.96 bits per heavy atom. The highest BCUT2D eigenvalue weighted by Gasteiger charge is 2.32. The first-order chi connectivity index (χ1) is 13.7. The van der Waals surface area contributed by atoms with Crippen LogP contribution in [0.1, 0.15) is 21.6 Å². The Hall–Kier alpha value is -3.61. The van der Waals surface area contributed by atoms with E-state index in [1.165, 1.54) is 12.4 Å². The van der Waals surface area contributed by atoms with E-state index in [9.17, 15) is 9.18 Å². The van der Waals surface area contributed by atoms with Crippen LogP contribution in [-0.2, 0) is 13.0 Å². The van der Waals surface area contributed by atoms with Gasteiger partial charge in [-0.1, -0.05) is 12.1 Å². The summed E-state index contributed by atoms with van der Waals surface area (Å²) in [7, 11) is 0. The summed E-state index contributed by atoms with van der Waals surface area (Å²) in [6.07, 6.45) is 9.19. The van der Waals surface area contributed by atoms with Gasteiger partial charge in [0.25, 0.3) is 5.91 Å². The molecule has 0 atom stereocenters. The molecule has 0 unspecified atom stereocenters. The largest absolute Gasteiger partial charge is 0.334 e. The third kappa shape index (κ3) is 2.72. The average Bonchev–Trinajstić information content (AvgIpc) is 3.29. The summed E-state index contributed by atoms with van der Waals surface area (Å²) in [6.45, 7) is 0.733. The van der Waals surface area contributed by atoms with E-state index in [-0.39, 0.29) is 18.3 Å². The SMILES string of the molecule is O=C1c2c(-c3cncnc3)ccc(F)c2CN1CCc1cn2ccccc2n1. The van der Waals surface area contributed by atoms with Gasteiger partial charge in [-0.15, -0.1) is 0 Å². The van der Waals surface area contributed by atoms with E-state index < -0.39 is 0 Å². The summed E-state index contributed by atoms with van der Waals surface area (Å²) in [5.74, 6) is -0.531. The van der Waals surface area contributed by atoms with Crippen molar-refractivity contribution in [3.63, 3.8) is 0 Å². The van der Waals surface area contributed by atoms with E-state index in [0.29, 0.717) is 35.2 Å². The molecule has 1 amide bonds. The molecule has 28 heavy (non-hydrogen) atoms. The summed E-state index contributed by atoms with van der Waals surface area (Å²) in [5.41, 5.74) is 3.97. The molecule has 4 heterocycles. The van der Waals surface area contributed by atoms with Crippen molar-refractivity contribution >= 4 is 11.6 Å². The lowest BCUT2D eigenvalue weighted by Gasteiger charge is -2.14. The second kappa shape index (κ2) is 6.53. The van der Waals surface area contributed by atoms with Crippen LogP contribution in [0.5, 0.6) is 0 Å². The summed E-state index contributed by atoms with van der Waals surface area (Å²) >= 11 is 0. The Balaban J connectivity index is 1.42.